The molecule has 0 radical (unpaired) electrons. The molecule has 0 saturated carbocycles. The second-order valence-electron chi connectivity index (χ2n) is 8.96. The minimum Gasteiger partial charge on any atom is -0.415 e. The van der Waals surface area contributed by atoms with Gasteiger partial charge < -0.3 is 15.0 Å². The topological polar surface area (TPSA) is 140 Å². The zero-order valence-corrected chi connectivity index (χ0v) is 21.8. The van der Waals surface area contributed by atoms with Crippen LogP contribution in [0, 0.1) is 25.2 Å². The van der Waals surface area contributed by atoms with Crippen LogP contribution in [0.15, 0.2) is 48.8 Å². The highest BCUT2D eigenvalue weighted by Crippen LogP contribution is 2.26. The molecular formula is C26H22F2N10O2. The first-order chi connectivity index (χ1) is 19.1. The number of aromatic nitrogens is 7. The number of ether oxygens (including phenoxy) is 1. The van der Waals surface area contributed by atoms with Crippen LogP contribution in [0.5, 0.6) is 5.88 Å². The van der Waals surface area contributed by atoms with Gasteiger partial charge in [-0.15, -0.1) is 10.2 Å². The molecule has 0 atom stereocenters. The van der Waals surface area contributed by atoms with Crippen molar-refractivity contribution in [1.29, 1.82) is 5.26 Å². The number of nitrogens with zero attached hydrogens (tertiary/aromatic N) is 9. The molecular weight excluding hydrogens is 522 g/mol. The summed E-state index contributed by atoms with van der Waals surface area (Å²) >= 11 is 0. The van der Waals surface area contributed by atoms with E-state index in [1.54, 1.807) is 69.2 Å². The predicted octanol–water partition coefficient (Wildman–Crippen LogP) is 3.93. The Kier molecular flexibility index (Phi) is 6.78. The number of halogens is 2. The average Bonchev–Trinajstić information content (AvgIpc) is 3.50. The lowest BCUT2D eigenvalue weighted by atomic mass is 10.2. The predicted molar refractivity (Wildman–Crippen MR) is 140 cm³/mol. The number of carbonyl (C=O) groups excluding carboxylic acids is 1. The van der Waals surface area contributed by atoms with Crippen molar-refractivity contribution in [2.45, 2.75) is 20.5 Å². The molecule has 1 amide bonds. The van der Waals surface area contributed by atoms with Crippen molar-refractivity contribution in [2.75, 3.05) is 19.4 Å². The molecule has 4 heterocycles. The van der Waals surface area contributed by atoms with Gasteiger partial charge in [0.2, 0.25) is 5.88 Å². The number of amides is 1. The number of fused-ring (bicyclic) bond motifs is 1. The molecule has 202 valence electrons. The fraction of sp³-hybridized carbons (Fsp3) is 0.192. The molecule has 0 bridgehead atoms. The fourth-order valence-electron chi connectivity index (χ4n) is 4.03. The third-order valence-electron chi connectivity index (χ3n) is 5.87. The van der Waals surface area contributed by atoms with Crippen molar-refractivity contribution in [3.05, 3.63) is 71.3 Å². The van der Waals surface area contributed by atoms with Gasteiger partial charge in [-0.2, -0.15) is 19.1 Å². The van der Waals surface area contributed by atoms with Gasteiger partial charge >= 0.3 is 6.61 Å². The van der Waals surface area contributed by atoms with Crippen molar-refractivity contribution < 1.29 is 18.3 Å². The Labute approximate surface area is 226 Å². The lowest BCUT2D eigenvalue weighted by Crippen LogP contribution is -2.23. The minimum absolute atomic E-state index is 0.151. The highest BCUT2D eigenvalue weighted by Gasteiger charge is 2.19. The highest BCUT2D eigenvalue weighted by atomic mass is 19.3. The Bertz CT molecular complexity index is 1790. The first kappa shape index (κ1) is 26.2. The Morgan fingerprint density at radius 3 is 2.65 bits per heavy atom. The number of hydrogen-bond donors (Lipinski definition) is 1. The van der Waals surface area contributed by atoms with Crippen LogP contribution < -0.4 is 10.1 Å². The maximum absolute atomic E-state index is 12.7. The number of aryl methyl sites for hydroxylation is 2. The Morgan fingerprint density at radius 1 is 1.12 bits per heavy atom. The molecule has 5 aromatic rings. The fourth-order valence-corrected chi connectivity index (χ4v) is 4.03. The number of nitriles is 1. The van der Waals surface area contributed by atoms with Crippen molar-refractivity contribution in [3.8, 4) is 23.6 Å². The van der Waals surface area contributed by atoms with E-state index in [9.17, 15) is 18.8 Å². The molecule has 0 unspecified atom stereocenters. The largest absolute Gasteiger partial charge is 0.415 e. The first-order valence-corrected chi connectivity index (χ1v) is 11.9. The van der Waals surface area contributed by atoms with Crippen LogP contribution in [-0.4, -0.2) is 66.0 Å². The lowest BCUT2D eigenvalue weighted by Gasteiger charge is -2.14. The van der Waals surface area contributed by atoms with Crippen molar-refractivity contribution in [1.82, 2.24) is 39.4 Å². The number of anilines is 2. The zero-order valence-electron chi connectivity index (χ0n) is 21.8. The molecule has 0 saturated heterocycles. The summed E-state index contributed by atoms with van der Waals surface area (Å²) in [5.74, 6) is 0.384. The summed E-state index contributed by atoms with van der Waals surface area (Å²) in [6, 6.07) is 13.7. The number of nitrogens with one attached hydrogen (secondary N) is 1. The molecule has 0 fully saturated rings. The van der Waals surface area contributed by atoms with Crippen LogP contribution in [-0.2, 0) is 0 Å². The zero-order chi connectivity index (χ0) is 28.6. The van der Waals surface area contributed by atoms with Gasteiger partial charge in [0.15, 0.2) is 11.6 Å². The van der Waals surface area contributed by atoms with Crippen LogP contribution in [0.2, 0.25) is 0 Å². The van der Waals surface area contributed by atoms with Crippen LogP contribution in [0.1, 0.15) is 27.3 Å². The van der Waals surface area contributed by atoms with Gasteiger partial charge in [-0.1, -0.05) is 0 Å². The SMILES string of the molecule is Cc1cc(C(=O)N(C)C)c(Nc2ccc3c(c2)ncn3-c2ccc(C#N)c(-n3nc(OC(F)F)cc3C)n2)nn1. The molecule has 5 rings (SSSR count). The van der Waals surface area contributed by atoms with Gasteiger partial charge in [-0.3, -0.25) is 9.36 Å². The summed E-state index contributed by atoms with van der Waals surface area (Å²) in [6.07, 6.45) is 1.57. The maximum Gasteiger partial charge on any atom is 0.388 e. The number of rotatable bonds is 7. The maximum atomic E-state index is 12.7. The van der Waals surface area contributed by atoms with E-state index in [2.05, 4.69) is 41.4 Å². The van der Waals surface area contributed by atoms with Crippen molar-refractivity contribution in [3.63, 3.8) is 0 Å². The summed E-state index contributed by atoms with van der Waals surface area (Å²) in [5.41, 5.74) is 3.59. The van der Waals surface area contributed by atoms with Crippen LogP contribution in [0.25, 0.3) is 22.7 Å². The van der Waals surface area contributed by atoms with Gasteiger partial charge in [0.1, 0.15) is 18.2 Å². The Balaban J connectivity index is 1.50. The van der Waals surface area contributed by atoms with Gasteiger partial charge in [-0.25, -0.2) is 14.6 Å². The summed E-state index contributed by atoms with van der Waals surface area (Å²) < 4.78 is 32.8. The van der Waals surface area contributed by atoms with Crippen LogP contribution in [0.4, 0.5) is 20.3 Å². The van der Waals surface area contributed by atoms with E-state index in [1.165, 1.54) is 15.6 Å². The van der Waals surface area contributed by atoms with E-state index in [0.717, 1.165) is 0 Å². The number of imidazole rings is 1. The Hall–Kier alpha value is -5.45. The summed E-state index contributed by atoms with van der Waals surface area (Å²) in [5, 5.41) is 25.0. The van der Waals surface area contributed by atoms with Gasteiger partial charge in [0, 0.05) is 31.5 Å². The molecule has 0 spiro atoms. The standard InChI is InChI=1S/C26H22F2N10O2/c1-14-9-18(25(39)36(3)4)23(34-33-14)31-17-6-7-20-19(11-17)30-13-37(20)21-8-5-16(12-29)24(32-21)38-15(2)10-22(35-38)40-26(27)28/h5-11,13,26H,1-4H3,(H,31,34). The molecule has 4 aromatic heterocycles. The monoisotopic (exact) mass is 544 g/mol. The van der Waals surface area contributed by atoms with Crippen LogP contribution in [0.3, 0.4) is 0 Å². The first-order valence-electron chi connectivity index (χ1n) is 11.9. The molecule has 0 aliphatic rings. The van der Waals surface area contributed by atoms with E-state index in [-0.39, 0.29) is 23.2 Å². The highest BCUT2D eigenvalue weighted by molar-refractivity contribution is 5.99. The molecule has 14 heteroatoms. The quantitative estimate of drug-likeness (QED) is 0.323. The number of alkyl halides is 2. The molecule has 12 nitrogen and oxygen atoms in total. The van der Waals surface area contributed by atoms with E-state index in [4.69, 9.17) is 0 Å². The number of benzene rings is 1. The third-order valence-corrected chi connectivity index (χ3v) is 5.87. The van der Waals surface area contributed by atoms with E-state index < -0.39 is 6.61 Å². The van der Waals surface area contributed by atoms with E-state index in [0.29, 0.717) is 45.3 Å². The average molecular weight is 545 g/mol. The molecule has 0 aliphatic carbocycles. The molecule has 40 heavy (non-hydrogen) atoms. The van der Waals surface area contributed by atoms with Crippen molar-refractivity contribution >= 4 is 28.4 Å². The second kappa shape index (κ2) is 10.4. The normalized spacial score (nSPS) is 11.1. The van der Waals surface area contributed by atoms with Gasteiger partial charge in [0.25, 0.3) is 5.91 Å². The summed E-state index contributed by atoms with van der Waals surface area (Å²) in [6.45, 7) is 0.360. The number of pyridine rings is 1. The van der Waals surface area contributed by atoms with Crippen LogP contribution >= 0.6 is 0 Å². The van der Waals surface area contributed by atoms with E-state index in [1.807, 2.05) is 6.07 Å². The second-order valence-corrected chi connectivity index (χ2v) is 8.96. The minimum atomic E-state index is -3.03. The summed E-state index contributed by atoms with van der Waals surface area (Å²) in [4.78, 5) is 23.2. The molecule has 0 aliphatic heterocycles. The molecule has 1 aromatic carbocycles. The number of carbonyl (C=O) groups is 1. The smallest absolute Gasteiger partial charge is 0.388 e. The van der Waals surface area contributed by atoms with Gasteiger partial charge in [0.05, 0.1) is 27.9 Å². The summed E-state index contributed by atoms with van der Waals surface area (Å²) in [7, 11) is 3.32. The van der Waals surface area contributed by atoms with Crippen molar-refractivity contribution in [2.24, 2.45) is 0 Å². The number of hydrogen-bond acceptors (Lipinski definition) is 9. The lowest BCUT2D eigenvalue weighted by molar-refractivity contribution is -0.0530. The van der Waals surface area contributed by atoms with E-state index >= 15 is 0 Å². The Morgan fingerprint density at radius 2 is 1.93 bits per heavy atom. The molecule has 1 N–H and O–H groups in total. The third kappa shape index (κ3) is 4.99. The van der Waals surface area contributed by atoms with Gasteiger partial charge in [-0.05, 0) is 50.2 Å².